The SMILES string of the molecule is CC(C)=O.N=C(N)C(F)F. The van der Waals surface area contributed by atoms with Crippen molar-refractivity contribution in [1.29, 1.82) is 5.41 Å². The van der Waals surface area contributed by atoms with Crippen LogP contribution in [0, 0.1) is 5.41 Å². The van der Waals surface area contributed by atoms with Crippen molar-refractivity contribution in [3.63, 3.8) is 0 Å². The highest BCUT2D eigenvalue weighted by Crippen LogP contribution is 1.86. The maximum atomic E-state index is 10.8. The van der Waals surface area contributed by atoms with Gasteiger partial charge in [0, 0.05) is 0 Å². The van der Waals surface area contributed by atoms with E-state index in [1.165, 1.54) is 13.8 Å². The van der Waals surface area contributed by atoms with Crippen LogP contribution in [0.1, 0.15) is 13.8 Å². The average molecular weight is 152 g/mol. The van der Waals surface area contributed by atoms with Crippen LogP contribution in [-0.2, 0) is 4.79 Å². The molecule has 0 fully saturated rings. The van der Waals surface area contributed by atoms with Crippen molar-refractivity contribution in [2.75, 3.05) is 0 Å². The molecule has 5 heteroatoms. The Morgan fingerprint density at radius 1 is 1.50 bits per heavy atom. The van der Waals surface area contributed by atoms with Crippen molar-refractivity contribution in [3.05, 3.63) is 0 Å². The summed E-state index contributed by atoms with van der Waals surface area (Å²) in [5.41, 5.74) is 4.27. The van der Waals surface area contributed by atoms with Crippen LogP contribution in [0.5, 0.6) is 0 Å². The molecule has 0 amide bonds. The lowest BCUT2D eigenvalue weighted by molar-refractivity contribution is -0.114. The molecule has 60 valence electrons. The third-order valence-corrected chi connectivity index (χ3v) is 0.235. The first-order chi connectivity index (χ1) is 4.37. The second-order valence-electron chi connectivity index (χ2n) is 1.66. The van der Waals surface area contributed by atoms with E-state index in [1.807, 2.05) is 0 Å². The van der Waals surface area contributed by atoms with Crippen LogP contribution in [0.15, 0.2) is 0 Å². The molecule has 0 aliphatic heterocycles. The number of ketones is 1. The monoisotopic (exact) mass is 152 g/mol. The van der Waals surface area contributed by atoms with Crippen molar-refractivity contribution < 1.29 is 13.6 Å². The lowest BCUT2D eigenvalue weighted by Crippen LogP contribution is -2.18. The number of amidine groups is 1. The molecular weight excluding hydrogens is 142 g/mol. The van der Waals surface area contributed by atoms with Gasteiger partial charge in [-0.25, -0.2) is 8.78 Å². The summed E-state index contributed by atoms with van der Waals surface area (Å²) in [7, 11) is 0. The lowest BCUT2D eigenvalue weighted by Gasteiger charge is -1.87. The van der Waals surface area contributed by atoms with Gasteiger partial charge in [0.25, 0.3) is 6.43 Å². The first-order valence-electron chi connectivity index (χ1n) is 2.47. The number of Topliss-reactive ketones (excluding diaryl/α,β-unsaturated/α-hetero) is 1. The predicted octanol–water partition coefficient (Wildman–Crippen LogP) is 0.783. The van der Waals surface area contributed by atoms with Crippen LogP contribution < -0.4 is 5.73 Å². The van der Waals surface area contributed by atoms with E-state index in [1.54, 1.807) is 0 Å². The van der Waals surface area contributed by atoms with Gasteiger partial charge in [0.2, 0.25) is 0 Å². The predicted molar refractivity (Wildman–Crippen MR) is 34.3 cm³/mol. The van der Waals surface area contributed by atoms with Crippen LogP contribution in [-0.4, -0.2) is 18.0 Å². The van der Waals surface area contributed by atoms with Gasteiger partial charge >= 0.3 is 0 Å². The van der Waals surface area contributed by atoms with Gasteiger partial charge in [0.05, 0.1) is 0 Å². The molecule has 0 unspecified atom stereocenters. The molecule has 3 N–H and O–H groups in total. The lowest BCUT2D eigenvalue weighted by atomic mass is 10.6. The summed E-state index contributed by atoms with van der Waals surface area (Å²) >= 11 is 0. The Labute approximate surface area is 57.7 Å². The molecule has 0 heterocycles. The molecule has 0 aromatic heterocycles. The number of carbonyl (C=O) groups is 1. The fraction of sp³-hybridized carbons (Fsp3) is 0.600. The van der Waals surface area contributed by atoms with Gasteiger partial charge < -0.3 is 10.5 Å². The molecule has 0 radical (unpaired) electrons. The van der Waals surface area contributed by atoms with Gasteiger partial charge in [0.1, 0.15) is 5.78 Å². The van der Waals surface area contributed by atoms with E-state index in [4.69, 9.17) is 5.41 Å². The zero-order chi connectivity index (χ0) is 8.73. The number of hydrogen-bond donors (Lipinski definition) is 2. The molecule has 0 atom stereocenters. The number of nitrogens with one attached hydrogen (secondary N) is 1. The minimum absolute atomic E-state index is 0.167. The molecule has 3 nitrogen and oxygen atoms in total. The normalized spacial score (nSPS) is 8.10. The number of carbonyl (C=O) groups excluding carboxylic acids is 1. The number of rotatable bonds is 1. The molecule has 0 aromatic carbocycles. The van der Waals surface area contributed by atoms with Gasteiger partial charge in [-0.1, -0.05) is 0 Å². The Bertz CT molecular complexity index is 121. The molecule has 0 aliphatic rings. The molecule has 0 saturated carbocycles. The van der Waals surface area contributed by atoms with Crippen molar-refractivity contribution in [1.82, 2.24) is 0 Å². The summed E-state index contributed by atoms with van der Waals surface area (Å²) in [6, 6.07) is 0. The number of nitrogens with two attached hydrogens (primary N) is 1. The highest BCUT2D eigenvalue weighted by atomic mass is 19.3. The van der Waals surface area contributed by atoms with Gasteiger partial charge in [-0.2, -0.15) is 0 Å². The first kappa shape index (κ1) is 11.8. The summed E-state index contributed by atoms with van der Waals surface area (Å²) in [6.45, 7) is 3.06. The Kier molecular flexibility index (Phi) is 7.20. The average Bonchev–Trinajstić information content (AvgIpc) is 1.63. The standard InChI is InChI=1S/C3H6O.C2H4F2N2/c1-3(2)4;3-1(4)2(5)6/h1-2H3;1H,(H3,5,6). The molecule has 0 bridgehead atoms. The first-order valence-corrected chi connectivity index (χ1v) is 2.47. The minimum Gasteiger partial charge on any atom is -0.383 e. The highest BCUT2D eigenvalue weighted by molar-refractivity contribution is 5.79. The molecule has 0 saturated heterocycles. The maximum Gasteiger partial charge on any atom is 0.294 e. The van der Waals surface area contributed by atoms with E-state index in [-0.39, 0.29) is 5.78 Å². The van der Waals surface area contributed by atoms with Crippen LogP contribution in [0.2, 0.25) is 0 Å². The number of hydrogen-bond acceptors (Lipinski definition) is 2. The van der Waals surface area contributed by atoms with Crippen LogP contribution in [0.25, 0.3) is 0 Å². The second-order valence-corrected chi connectivity index (χ2v) is 1.66. The number of halogens is 2. The third-order valence-electron chi connectivity index (χ3n) is 0.235. The van der Waals surface area contributed by atoms with Crippen LogP contribution in [0.4, 0.5) is 8.78 Å². The molecule has 10 heavy (non-hydrogen) atoms. The van der Waals surface area contributed by atoms with Crippen LogP contribution in [0.3, 0.4) is 0 Å². The number of alkyl halides is 2. The Balaban J connectivity index is 0. The Morgan fingerprint density at radius 2 is 1.60 bits per heavy atom. The summed E-state index contributed by atoms with van der Waals surface area (Å²) in [4.78, 5) is 9.44. The van der Waals surface area contributed by atoms with Crippen molar-refractivity contribution >= 4 is 11.6 Å². The smallest absolute Gasteiger partial charge is 0.294 e. The molecule has 0 aliphatic carbocycles. The topological polar surface area (TPSA) is 66.9 Å². The maximum absolute atomic E-state index is 10.8. The Morgan fingerprint density at radius 3 is 1.60 bits per heavy atom. The molecular formula is C5H10F2N2O. The quantitative estimate of drug-likeness (QED) is 0.430. The van der Waals surface area contributed by atoms with Crippen LogP contribution >= 0.6 is 0 Å². The van der Waals surface area contributed by atoms with Crippen molar-refractivity contribution in [2.24, 2.45) is 5.73 Å². The largest absolute Gasteiger partial charge is 0.383 e. The van der Waals surface area contributed by atoms with Gasteiger partial charge in [0.15, 0.2) is 5.84 Å². The van der Waals surface area contributed by atoms with E-state index >= 15 is 0 Å². The van der Waals surface area contributed by atoms with Gasteiger partial charge in [-0.15, -0.1) is 0 Å². The van der Waals surface area contributed by atoms with E-state index in [9.17, 15) is 13.6 Å². The van der Waals surface area contributed by atoms with Gasteiger partial charge in [-0.3, -0.25) is 5.41 Å². The summed E-state index contributed by atoms with van der Waals surface area (Å²) in [6.07, 6.45) is -2.79. The van der Waals surface area contributed by atoms with Crippen molar-refractivity contribution in [3.8, 4) is 0 Å². The second kappa shape index (κ2) is 6.12. The van der Waals surface area contributed by atoms with E-state index in [0.717, 1.165) is 0 Å². The Hall–Kier alpha value is -1.00. The zero-order valence-corrected chi connectivity index (χ0v) is 5.82. The molecule has 0 aromatic rings. The summed E-state index contributed by atoms with van der Waals surface area (Å²) in [5, 5.41) is 5.98. The molecule has 0 spiro atoms. The van der Waals surface area contributed by atoms with E-state index < -0.39 is 12.3 Å². The summed E-state index contributed by atoms with van der Waals surface area (Å²) in [5.74, 6) is -0.907. The zero-order valence-electron chi connectivity index (χ0n) is 5.82. The van der Waals surface area contributed by atoms with E-state index in [2.05, 4.69) is 5.73 Å². The fourth-order valence-corrected chi connectivity index (χ4v) is 0. The minimum atomic E-state index is -2.79. The van der Waals surface area contributed by atoms with E-state index in [0.29, 0.717) is 0 Å². The highest BCUT2D eigenvalue weighted by Gasteiger charge is 2.02. The third kappa shape index (κ3) is 28.0. The summed E-state index contributed by atoms with van der Waals surface area (Å²) < 4.78 is 21.6. The molecule has 0 rings (SSSR count). The van der Waals surface area contributed by atoms with Crippen molar-refractivity contribution in [2.45, 2.75) is 20.3 Å². The fourth-order valence-electron chi connectivity index (χ4n) is 0. The van der Waals surface area contributed by atoms with Gasteiger partial charge in [-0.05, 0) is 13.8 Å².